The van der Waals surface area contributed by atoms with Crippen LogP contribution in [0.3, 0.4) is 0 Å². The van der Waals surface area contributed by atoms with Crippen LogP contribution in [-0.2, 0) is 9.53 Å². The summed E-state index contributed by atoms with van der Waals surface area (Å²) < 4.78 is 5.67. The van der Waals surface area contributed by atoms with Gasteiger partial charge in [0.1, 0.15) is 0 Å². The first-order valence-electron chi connectivity index (χ1n) is 5.75. The summed E-state index contributed by atoms with van der Waals surface area (Å²) in [5.74, 6) is -0.0788. The Balaban J connectivity index is 2.50. The maximum absolute atomic E-state index is 10.8. The van der Waals surface area contributed by atoms with Crippen molar-refractivity contribution in [3.05, 3.63) is 0 Å². The van der Waals surface area contributed by atoms with E-state index in [2.05, 4.69) is 20.8 Å². The van der Waals surface area contributed by atoms with Gasteiger partial charge >= 0.3 is 5.97 Å². The number of aliphatic carboxylic acids is 1. The van der Waals surface area contributed by atoms with Gasteiger partial charge in [0.25, 0.3) is 0 Å². The summed E-state index contributed by atoms with van der Waals surface area (Å²) in [7, 11) is 0. The van der Waals surface area contributed by atoms with Gasteiger partial charge in [-0.05, 0) is 30.6 Å². The van der Waals surface area contributed by atoms with Crippen LogP contribution in [-0.4, -0.2) is 23.8 Å². The van der Waals surface area contributed by atoms with Crippen LogP contribution in [0.15, 0.2) is 0 Å². The molecule has 1 rings (SSSR count). The molecule has 0 aromatic heterocycles. The monoisotopic (exact) mass is 214 g/mol. The molecule has 0 spiro atoms. The molecule has 0 aromatic rings. The summed E-state index contributed by atoms with van der Waals surface area (Å²) in [5.41, 5.74) is -0.0658. The van der Waals surface area contributed by atoms with Crippen LogP contribution in [0.5, 0.6) is 0 Å². The second-order valence-corrected chi connectivity index (χ2v) is 5.46. The average Bonchev–Trinajstić information content (AvgIpc) is 1.99. The average molecular weight is 214 g/mol. The Morgan fingerprint density at radius 1 is 1.60 bits per heavy atom. The fourth-order valence-electron chi connectivity index (χ4n) is 2.39. The van der Waals surface area contributed by atoms with Crippen molar-refractivity contribution in [2.24, 2.45) is 11.3 Å². The number of carboxylic acid groups (broad SMARTS) is 1. The van der Waals surface area contributed by atoms with Crippen molar-refractivity contribution < 1.29 is 14.6 Å². The first-order chi connectivity index (χ1) is 6.91. The van der Waals surface area contributed by atoms with E-state index in [1.165, 1.54) is 0 Å². The lowest BCUT2D eigenvalue weighted by molar-refractivity contribution is -0.142. The highest BCUT2D eigenvalue weighted by Gasteiger charge is 2.34. The normalized spacial score (nSPS) is 31.9. The van der Waals surface area contributed by atoms with Crippen molar-refractivity contribution in [3.8, 4) is 0 Å². The van der Waals surface area contributed by atoms with Gasteiger partial charge in [-0.2, -0.15) is 0 Å². The van der Waals surface area contributed by atoms with E-state index in [1.807, 2.05) is 0 Å². The smallest absolute Gasteiger partial charge is 0.303 e. The van der Waals surface area contributed by atoms with E-state index in [4.69, 9.17) is 9.84 Å². The van der Waals surface area contributed by atoms with Gasteiger partial charge in [-0.15, -0.1) is 0 Å². The molecule has 0 aromatic carbocycles. The van der Waals surface area contributed by atoms with Gasteiger partial charge in [-0.25, -0.2) is 0 Å². The minimum Gasteiger partial charge on any atom is -0.481 e. The molecule has 0 radical (unpaired) electrons. The largest absolute Gasteiger partial charge is 0.481 e. The lowest BCUT2D eigenvalue weighted by Gasteiger charge is -2.37. The molecule has 3 heteroatoms. The second kappa shape index (κ2) is 4.97. The molecular formula is C12H22O3. The van der Waals surface area contributed by atoms with Crippen molar-refractivity contribution in [3.63, 3.8) is 0 Å². The highest BCUT2D eigenvalue weighted by atomic mass is 16.5. The van der Waals surface area contributed by atoms with Crippen LogP contribution in [0.25, 0.3) is 0 Å². The Hall–Kier alpha value is -0.570. The van der Waals surface area contributed by atoms with E-state index in [1.54, 1.807) is 0 Å². The molecule has 1 aliphatic rings. The number of rotatable bonds is 4. The van der Waals surface area contributed by atoms with E-state index >= 15 is 0 Å². The standard InChI is InChI=1S/C12H22O3/c1-9(2)6-10-7-12(3,4-5-15-10)8-11(13)14/h9-10H,4-8H2,1-3H3,(H,13,14). The van der Waals surface area contributed by atoms with E-state index in [0.717, 1.165) is 19.3 Å². The Kier molecular flexibility index (Phi) is 4.14. The van der Waals surface area contributed by atoms with Gasteiger partial charge in [-0.3, -0.25) is 4.79 Å². The van der Waals surface area contributed by atoms with Gasteiger partial charge < -0.3 is 9.84 Å². The summed E-state index contributed by atoms with van der Waals surface area (Å²) in [6.07, 6.45) is 3.31. The predicted molar refractivity (Wildman–Crippen MR) is 58.8 cm³/mol. The molecule has 88 valence electrons. The summed E-state index contributed by atoms with van der Waals surface area (Å²) in [6.45, 7) is 7.12. The van der Waals surface area contributed by atoms with E-state index in [0.29, 0.717) is 12.5 Å². The molecule has 2 unspecified atom stereocenters. The van der Waals surface area contributed by atoms with Gasteiger partial charge in [0.15, 0.2) is 0 Å². The molecule has 0 amide bonds. The Bertz CT molecular complexity index is 225. The number of ether oxygens (including phenoxy) is 1. The van der Waals surface area contributed by atoms with E-state index in [-0.39, 0.29) is 17.9 Å². The fourth-order valence-corrected chi connectivity index (χ4v) is 2.39. The van der Waals surface area contributed by atoms with Gasteiger partial charge in [0.2, 0.25) is 0 Å². The maximum Gasteiger partial charge on any atom is 0.303 e. The lowest BCUT2D eigenvalue weighted by atomic mass is 9.76. The summed E-state index contributed by atoms with van der Waals surface area (Å²) in [5, 5.41) is 8.86. The molecule has 0 bridgehead atoms. The third kappa shape index (κ3) is 4.20. The summed E-state index contributed by atoms with van der Waals surface area (Å²) in [6, 6.07) is 0. The van der Waals surface area contributed by atoms with E-state index < -0.39 is 5.97 Å². The molecule has 1 N–H and O–H groups in total. The topological polar surface area (TPSA) is 46.5 Å². The van der Waals surface area contributed by atoms with E-state index in [9.17, 15) is 4.79 Å². The van der Waals surface area contributed by atoms with Crippen LogP contribution < -0.4 is 0 Å². The zero-order valence-electron chi connectivity index (χ0n) is 9.95. The Labute approximate surface area is 91.8 Å². The van der Waals surface area contributed by atoms with Crippen LogP contribution in [0.1, 0.15) is 46.5 Å². The lowest BCUT2D eigenvalue weighted by Crippen LogP contribution is -2.35. The number of hydrogen-bond acceptors (Lipinski definition) is 2. The van der Waals surface area contributed by atoms with Crippen molar-refractivity contribution >= 4 is 5.97 Å². The van der Waals surface area contributed by atoms with Crippen LogP contribution in [0.2, 0.25) is 0 Å². The van der Waals surface area contributed by atoms with Crippen molar-refractivity contribution in [1.29, 1.82) is 0 Å². The quantitative estimate of drug-likeness (QED) is 0.782. The second-order valence-electron chi connectivity index (χ2n) is 5.46. The van der Waals surface area contributed by atoms with Crippen LogP contribution in [0, 0.1) is 11.3 Å². The third-order valence-electron chi connectivity index (χ3n) is 3.09. The molecule has 15 heavy (non-hydrogen) atoms. The summed E-state index contributed by atoms with van der Waals surface area (Å²) >= 11 is 0. The maximum atomic E-state index is 10.8. The zero-order chi connectivity index (χ0) is 11.5. The first-order valence-corrected chi connectivity index (χ1v) is 5.75. The van der Waals surface area contributed by atoms with Gasteiger partial charge in [0, 0.05) is 6.61 Å². The van der Waals surface area contributed by atoms with Crippen molar-refractivity contribution in [1.82, 2.24) is 0 Å². The zero-order valence-corrected chi connectivity index (χ0v) is 9.95. The van der Waals surface area contributed by atoms with Crippen molar-refractivity contribution in [2.75, 3.05) is 6.61 Å². The minimum absolute atomic E-state index is 0.0658. The molecular weight excluding hydrogens is 192 g/mol. The Morgan fingerprint density at radius 2 is 2.27 bits per heavy atom. The fraction of sp³-hybridized carbons (Fsp3) is 0.917. The first kappa shape index (κ1) is 12.5. The van der Waals surface area contributed by atoms with Gasteiger partial charge in [0.05, 0.1) is 12.5 Å². The number of carbonyl (C=O) groups is 1. The van der Waals surface area contributed by atoms with Gasteiger partial charge in [-0.1, -0.05) is 20.8 Å². The molecule has 3 nitrogen and oxygen atoms in total. The highest BCUT2D eigenvalue weighted by molar-refractivity contribution is 5.67. The van der Waals surface area contributed by atoms with Crippen LogP contribution in [0.4, 0.5) is 0 Å². The molecule has 1 heterocycles. The molecule has 0 saturated carbocycles. The molecule has 1 aliphatic heterocycles. The van der Waals surface area contributed by atoms with Crippen LogP contribution >= 0.6 is 0 Å². The van der Waals surface area contributed by atoms with Crippen molar-refractivity contribution in [2.45, 2.75) is 52.6 Å². The predicted octanol–water partition coefficient (Wildman–Crippen LogP) is 2.69. The third-order valence-corrected chi connectivity index (χ3v) is 3.09. The molecule has 1 saturated heterocycles. The minimum atomic E-state index is -0.692. The SMILES string of the molecule is CC(C)CC1CC(C)(CC(=O)O)CCO1. The summed E-state index contributed by atoms with van der Waals surface area (Å²) in [4.78, 5) is 10.8. The number of carboxylic acids is 1. The molecule has 1 fully saturated rings. The molecule has 2 atom stereocenters. The Morgan fingerprint density at radius 3 is 2.80 bits per heavy atom. The molecule has 0 aliphatic carbocycles. The highest BCUT2D eigenvalue weighted by Crippen LogP contribution is 2.37. The number of hydrogen-bond donors (Lipinski definition) is 1.